The third-order valence-corrected chi connectivity index (χ3v) is 2.78. The zero-order valence-electron chi connectivity index (χ0n) is 10.4. The Kier molecular flexibility index (Phi) is 4.89. The molecule has 2 unspecified atom stereocenters. The summed E-state index contributed by atoms with van der Waals surface area (Å²) in [5.74, 6) is 1.73. The van der Waals surface area contributed by atoms with Crippen molar-refractivity contribution < 1.29 is 9.26 Å². The minimum Gasteiger partial charge on any atom is -0.373 e. The summed E-state index contributed by atoms with van der Waals surface area (Å²) in [6.07, 6.45) is 0.729. The number of nitrogens with zero attached hydrogens (tertiary/aromatic N) is 2. The number of rotatable bonds is 6. The van der Waals surface area contributed by atoms with Gasteiger partial charge in [-0.3, -0.25) is 0 Å². The van der Waals surface area contributed by atoms with E-state index in [1.807, 2.05) is 6.92 Å². The van der Waals surface area contributed by atoms with Crippen LogP contribution in [0.15, 0.2) is 4.52 Å². The van der Waals surface area contributed by atoms with E-state index in [4.69, 9.17) is 15.0 Å². The molecule has 92 valence electrons. The van der Waals surface area contributed by atoms with Crippen LogP contribution in [0, 0.1) is 5.92 Å². The van der Waals surface area contributed by atoms with Gasteiger partial charge in [0.2, 0.25) is 11.7 Å². The number of aromatic nitrogens is 2. The first kappa shape index (κ1) is 13.1. The van der Waals surface area contributed by atoms with Crippen LogP contribution in [0.3, 0.4) is 0 Å². The molecule has 2 N–H and O–H groups in total. The highest BCUT2D eigenvalue weighted by Crippen LogP contribution is 2.24. The molecule has 0 amide bonds. The second kappa shape index (κ2) is 5.96. The van der Waals surface area contributed by atoms with Gasteiger partial charge in [-0.1, -0.05) is 25.9 Å². The highest BCUT2D eigenvalue weighted by atomic mass is 16.5. The Morgan fingerprint density at radius 1 is 1.44 bits per heavy atom. The number of hydrogen-bond donors (Lipinski definition) is 1. The van der Waals surface area contributed by atoms with Crippen molar-refractivity contribution in [3.05, 3.63) is 11.7 Å². The lowest BCUT2D eigenvalue weighted by Gasteiger charge is -2.13. The van der Waals surface area contributed by atoms with Gasteiger partial charge < -0.3 is 15.0 Å². The van der Waals surface area contributed by atoms with Crippen LogP contribution >= 0.6 is 0 Å². The van der Waals surface area contributed by atoms with E-state index in [-0.39, 0.29) is 12.0 Å². The van der Waals surface area contributed by atoms with Crippen LogP contribution in [-0.2, 0) is 4.74 Å². The Bertz CT molecular complexity index is 308. The summed E-state index contributed by atoms with van der Waals surface area (Å²) in [6, 6.07) is 0. The summed E-state index contributed by atoms with van der Waals surface area (Å²) < 4.78 is 10.5. The summed E-state index contributed by atoms with van der Waals surface area (Å²) in [6.45, 7) is 6.72. The molecule has 0 saturated carbocycles. The summed E-state index contributed by atoms with van der Waals surface area (Å²) in [4.78, 5) is 4.36. The largest absolute Gasteiger partial charge is 0.373 e. The van der Waals surface area contributed by atoms with E-state index in [1.165, 1.54) is 0 Å². The van der Waals surface area contributed by atoms with Gasteiger partial charge in [0.05, 0.1) is 5.92 Å². The number of ether oxygens (including phenoxy) is 1. The van der Waals surface area contributed by atoms with Crippen molar-refractivity contribution in [1.29, 1.82) is 0 Å². The van der Waals surface area contributed by atoms with Crippen LogP contribution in [0.4, 0.5) is 0 Å². The van der Waals surface area contributed by atoms with Gasteiger partial charge in [-0.2, -0.15) is 4.98 Å². The molecule has 0 fully saturated rings. The van der Waals surface area contributed by atoms with Crippen LogP contribution in [0.1, 0.15) is 50.9 Å². The predicted molar refractivity (Wildman–Crippen MR) is 61.0 cm³/mol. The van der Waals surface area contributed by atoms with E-state index < -0.39 is 0 Å². The van der Waals surface area contributed by atoms with E-state index in [1.54, 1.807) is 7.11 Å². The first-order valence-electron chi connectivity index (χ1n) is 5.70. The van der Waals surface area contributed by atoms with Crippen LogP contribution < -0.4 is 5.73 Å². The Morgan fingerprint density at radius 3 is 2.56 bits per heavy atom. The maximum absolute atomic E-state index is 5.70. The monoisotopic (exact) mass is 227 g/mol. The van der Waals surface area contributed by atoms with Gasteiger partial charge >= 0.3 is 0 Å². The molecule has 2 atom stereocenters. The molecule has 0 aliphatic carbocycles. The fraction of sp³-hybridized carbons (Fsp3) is 0.818. The second-order valence-electron chi connectivity index (χ2n) is 4.21. The topological polar surface area (TPSA) is 74.2 Å². The zero-order chi connectivity index (χ0) is 12.1. The molecule has 0 bridgehead atoms. The predicted octanol–water partition coefficient (Wildman–Crippen LogP) is 1.87. The lowest BCUT2D eigenvalue weighted by Crippen LogP contribution is -2.18. The normalized spacial score (nSPS) is 15.4. The molecule has 0 aliphatic rings. The van der Waals surface area contributed by atoms with Gasteiger partial charge in [-0.15, -0.1) is 0 Å². The Balaban J connectivity index is 2.84. The fourth-order valence-electron chi connectivity index (χ4n) is 1.64. The molecule has 1 heterocycles. The highest BCUT2D eigenvalue weighted by Gasteiger charge is 2.23. The smallest absolute Gasteiger partial charge is 0.231 e. The van der Waals surface area contributed by atoms with Crippen molar-refractivity contribution >= 4 is 0 Å². The van der Waals surface area contributed by atoms with Crippen molar-refractivity contribution in [2.45, 2.75) is 39.2 Å². The summed E-state index contributed by atoms with van der Waals surface area (Å²) >= 11 is 0. The third kappa shape index (κ3) is 2.80. The maximum atomic E-state index is 5.70. The molecule has 0 aliphatic heterocycles. The van der Waals surface area contributed by atoms with Crippen LogP contribution in [0.5, 0.6) is 0 Å². The molecule has 0 saturated heterocycles. The quantitative estimate of drug-likeness (QED) is 0.803. The van der Waals surface area contributed by atoms with Crippen molar-refractivity contribution in [3.8, 4) is 0 Å². The Hall–Kier alpha value is -0.940. The second-order valence-corrected chi connectivity index (χ2v) is 4.21. The number of hydrogen-bond acceptors (Lipinski definition) is 5. The first-order valence-corrected chi connectivity index (χ1v) is 5.70. The van der Waals surface area contributed by atoms with Gasteiger partial charge in [0, 0.05) is 13.7 Å². The van der Waals surface area contributed by atoms with E-state index in [0.717, 1.165) is 6.42 Å². The molecule has 1 aromatic heterocycles. The minimum absolute atomic E-state index is 0.0944. The molecular formula is C11H21N3O2. The van der Waals surface area contributed by atoms with E-state index in [0.29, 0.717) is 24.2 Å². The molecule has 5 heteroatoms. The Morgan fingerprint density at radius 2 is 2.12 bits per heavy atom. The van der Waals surface area contributed by atoms with E-state index in [2.05, 4.69) is 24.0 Å². The average Bonchev–Trinajstić information content (AvgIpc) is 2.70. The van der Waals surface area contributed by atoms with Crippen LogP contribution in [0.25, 0.3) is 0 Å². The van der Waals surface area contributed by atoms with Gasteiger partial charge in [0.1, 0.15) is 6.10 Å². The fourth-order valence-corrected chi connectivity index (χ4v) is 1.64. The molecule has 0 aromatic carbocycles. The highest BCUT2D eigenvalue weighted by molar-refractivity contribution is 4.98. The van der Waals surface area contributed by atoms with Gasteiger partial charge in [-0.25, -0.2) is 0 Å². The molecular weight excluding hydrogens is 206 g/mol. The van der Waals surface area contributed by atoms with Crippen molar-refractivity contribution in [2.24, 2.45) is 11.7 Å². The van der Waals surface area contributed by atoms with Crippen LogP contribution in [0.2, 0.25) is 0 Å². The maximum Gasteiger partial charge on any atom is 0.231 e. The molecule has 16 heavy (non-hydrogen) atoms. The van der Waals surface area contributed by atoms with Crippen molar-refractivity contribution in [1.82, 2.24) is 10.1 Å². The SMILES string of the molecule is CCC(OC)c1noc(C(CN)C(C)C)n1. The van der Waals surface area contributed by atoms with Crippen molar-refractivity contribution in [2.75, 3.05) is 13.7 Å². The Labute approximate surface area is 96.4 Å². The van der Waals surface area contributed by atoms with E-state index >= 15 is 0 Å². The summed E-state index contributed by atoms with van der Waals surface area (Å²) in [7, 11) is 1.65. The number of methoxy groups -OCH3 is 1. The molecule has 0 radical (unpaired) electrons. The van der Waals surface area contributed by atoms with Crippen molar-refractivity contribution in [3.63, 3.8) is 0 Å². The average molecular weight is 227 g/mol. The zero-order valence-corrected chi connectivity index (χ0v) is 10.4. The molecule has 1 rings (SSSR count). The van der Waals surface area contributed by atoms with Gasteiger partial charge in [-0.05, 0) is 12.3 Å². The molecule has 0 spiro atoms. The lowest BCUT2D eigenvalue weighted by atomic mass is 9.96. The lowest BCUT2D eigenvalue weighted by molar-refractivity contribution is 0.0903. The van der Waals surface area contributed by atoms with Gasteiger partial charge in [0.25, 0.3) is 0 Å². The summed E-state index contributed by atoms with van der Waals surface area (Å²) in [5.41, 5.74) is 5.70. The van der Waals surface area contributed by atoms with Gasteiger partial charge in [0.15, 0.2) is 0 Å². The molecule has 5 nitrogen and oxygen atoms in total. The van der Waals surface area contributed by atoms with E-state index in [9.17, 15) is 0 Å². The number of nitrogens with two attached hydrogens (primary N) is 1. The van der Waals surface area contributed by atoms with Crippen LogP contribution in [-0.4, -0.2) is 23.8 Å². The minimum atomic E-state index is -0.0944. The standard InChI is InChI=1S/C11H21N3O2/c1-5-9(15-4)10-13-11(16-14-10)8(6-12)7(2)3/h7-9H,5-6,12H2,1-4H3. The third-order valence-electron chi connectivity index (χ3n) is 2.78. The summed E-state index contributed by atoms with van der Waals surface area (Å²) in [5, 5.41) is 3.94. The first-order chi connectivity index (χ1) is 7.63. The molecule has 1 aromatic rings.